The van der Waals surface area contributed by atoms with Crippen molar-refractivity contribution in [2.24, 2.45) is 0 Å². The quantitative estimate of drug-likeness (QED) is 0.867. The minimum Gasteiger partial charge on any atom is -0.486 e. The molecule has 1 N–H and O–H groups in total. The Morgan fingerprint density at radius 3 is 2.76 bits per heavy atom. The highest BCUT2D eigenvalue weighted by atomic mass is 19.4. The fraction of sp³-hybridized carbons (Fsp3) is 0.455. The lowest BCUT2D eigenvalue weighted by Gasteiger charge is -2.26. The predicted molar refractivity (Wildman–Crippen MR) is 55.3 cm³/mol. The van der Waals surface area contributed by atoms with Gasteiger partial charge >= 0.3 is 6.18 Å². The highest BCUT2D eigenvalue weighted by Crippen LogP contribution is 2.38. The fourth-order valence-electron chi connectivity index (χ4n) is 1.62. The summed E-state index contributed by atoms with van der Waals surface area (Å²) in [4.78, 5) is 0. The molecule has 0 amide bonds. The predicted octanol–water partition coefficient (Wildman–Crippen LogP) is 2.06. The van der Waals surface area contributed by atoms with Gasteiger partial charge in [0.1, 0.15) is 12.7 Å². The normalized spacial score (nSPS) is 19.2. The van der Waals surface area contributed by atoms with Crippen LogP contribution in [0.3, 0.4) is 0 Å². The molecular weight excluding hydrogens is 235 g/mol. The van der Waals surface area contributed by atoms with Crippen molar-refractivity contribution >= 4 is 0 Å². The number of benzene rings is 1. The number of nitrogens with one attached hydrogen (secondary N) is 1. The van der Waals surface area contributed by atoms with Gasteiger partial charge in [0.2, 0.25) is 0 Å². The van der Waals surface area contributed by atoms with Crippen LogP contribution in [0.25, 0.3) is 0 Å². The Labute approximate surface area is 96.5 Å². The number of fused-ring (bicyclic) bond motifs is 1. The summed E-state index contributed by atoms with van der Waals surface area (Å²) >= 11 is 0. The smallest absolute Gasteiger partial charge is 0.416 e. The van der Waals surface area contributed by atoms with Gasteiger partial charge in [0.15, 0.2) is 11.5 Å². The molecule has 0 saturated carbocycles. The minimum absolute atomic E-state index is 0.145. The zero-order valence-corrected chi connectivity index (χ0v) is 9.17. The van der Waals surface area contributed by atoms with Crippen LogP contribution in [0.15, 0.2) is 18.2 Å². The van der Waals surface area contributed by atoms with Gasteiger partial charge in [-0.25, -0.2) is 0 Å². The van der Waals surface area contributed by atoms with E-state index in [0.717, 1.165) is 12.1 Å². The molecule has 0 spiro atoms. The van der Waals surface area contributed by atoms with Crippen molar-refractivity contribution in [1.82, 2.24) is 5.32 Å². The maximum absolute atomic E-state index is 12.5. The first kappa shape index (κ1) is 12.0. The molecule has 3 nitrogen and oxygen atoms in total. The molecule has 0 bridgehead atoms. The van der Waals surface area contributed by atoms with E-state index in [1.165, 1.54) is 6.07 Å². The van der Waals surface area contributed by atoms with Crippen molar-refractivity contribution in [2.45, 2.75) is 12.3 Å². The molecule has 0 saturated heterocycles. The maximum Gasteiger partial charge on any atom is 0.416 e. The Kier molecular flexibility index (Phi) is 3.15. The lowest BCUT2D eigenvalue weighted by molar-refractivity contribution is -0.137. The molecule has 1 heterocycles. The van der Waals surface area contributed by atoms with Crippen molar-refractivity contribution in [1.29, 1.82) is 0 Å². The van der Waals surface area contributed by atoms with Gasteiger partial charge in [-0.05, 0) is 25.2 Å². The lowest BCUT2D eigenvalue weighted by atomic mass is 10.2. The summed E-state index contributed by atoms with van der Waals surface area (Å²) in [6, 6.07) is 3.24. The van der Waals surface area contributed by atoms with Crippen molar-refractivity contribution < 1.29 is 22.6 Å². The average Bonchev–Trinajstić information content (AvgIpc) is 2.27. The molecule has 1 aliphatic rings. The van der Waals surface area contributed by atoms with Crippen LogP contribution in [0.2, 0.25) is 0 Å². The van der Waals surface area contributed by atoms with Gasteiger partial charge < -0.3 is 14.8 Å². The molecule has 6 heteroatoms. The fourth-order valence-corrected chi connectivity index (χ4v) is 1.62. The summed E-state index contributed by atoms with van der Waals surface area (Å²) in [5.74, 6) is 0.497. The summed E-state index contributed by atoms with van der Waals surface area (Å²) < 4.78 is 48.2. The molecule has 94 valence electrons. The van der Waals surface area contributed by atoms with Gasteiger partial charge in [0, 0.05) is 6.54 Å². The molecule has 1 atom stereocenters. The summed E-state index contributed by atoms with van der Waals surface area (Å²) in [5, 5.41) is 2.89. The molecule has 1 aromatic carbocycles. The molecular formula is C11H12F3NO2. The van der Waals surface area contributed by atoms with Gasteiger partial charge in [-0.15, -0.1) is 0 Å². The SMILES string of the molecule is CNCC1COc2ccc(C(F)(F)F)cc2O1. The highest BCUT2D eigenvalue weighted by Gasteiger charge is 2.32. The summed E-state index contributed by atoms with van der Waals surface area (Å²) in [6.45, 7) is 0.856. The van der Waals surface area contributed by atoms with Crippen molar-refractivity contribution in [2.75, 3.05) is 20.2 Å². The largest absolute Gasteiger partial charge is 0.486 e. The Morgan fingerprint density at radius 1 is 1.35 bits per heavy atom. The van der Waals surface area contributed by atoms with Crippen molar-refractivity contribution in [3.05, 3.63) is 23.8 Å². The monoisotopic (exact) mass is 247 g/mol. The molecule has 0 aliphatic carbocycles. The first-order valence-electron chi connectivity index (χ1n) is 5.16. The van der Waals surface area contributed by atoms with E-state index in [9.17, 15) is 13.2 Å². The van der Waals surface area contributed by atoms with Crippen LogP contribution >= 0.6 is 0 Å². The number of hydrogen-bond acceptors (Lipinski definition) is 3. The molecule has 17 heavy (non-hydrogen) atoms. The molecule has 1 aromatic rings. The number of rotatable bonds is 2. The molecule has 0 radical (unpaired) electrons. The number of hydrogen-bond donors (Lipinski definition) is 1. The van der Waals surface area contributed by atoms with Gasteiger partial charge in [-0.3, -0.25) is 0 Å². The molecule has 0 aromatic heterocycles. The molecule has 0 fully saturated rings. The van der Waals surface area contributed by atoms with Crippen LogP contribution in [0.4, 0.5) is 13.2 Å². The average molecular weight is 247 g/mol. The van der Waals surface area contributed by atoms with Crippen LogP contribution in [-0.2, 0) is 6.18 Å². The van der Waals surface area contributed by atoms with Crippen LogP contribution in [0, 0.1) is 0 Å². The summed E-state index contributed by atoms with van der Waals surface area (Å²) in [5.41, 5.74) is -0.732. The van der Waals surface area contributed by atoms with Gasteiger partial charge in [-0.1, -0.05) is 0 Å². The third-order valence-electron chi connectivity index (χ3n) is 2.42. The second kappa shape index (κ2) is 4.44. The first-order chi connectivity index (χ1) is 8.00. The lowest BCUT2D eigenvalue weighted by Crippen LogP contribution is -2.37. The van der Waals surface area contributed by atoms with Crippen molar-refractivity contribution in [3.8, 4) is 11.5 Å². The number of likely N-dealkylation sites (N-methyl/N-ethyl adjacent to an activating group) is 1. The third-order valence-corrected chi connectivity index (χ3v) is 2.42. The van der Waals surface area contributed by atoms with E-state index in [0.29, 0.717) is 18.9 Å². The highest BCUT2D eigenvalue weighted by molar-refractivity contribution is 5.44. The minimum atomic E-state index is -4.37. The van der Waals surface area contributed by atoms with Crippen LogP contribution in [0.1, 0.15) is 5.56 Å². The topological polar surface area (TPSA) is 30.5 Å². The number of halogens is 3. The maximum atomic E-state index is 12.5. The standard InChI is InChI=1S/C11H12F3NO2/c1-15-5-8-6-16-9-3-2-7(11(12,13)14)4-10(9)17-8/h2-4,8,15H,5-6H2,1H3. The van der Waals surface area contributed by atoms with Gasteiger partial charge in [0.25, 0.3) is 0 Å². The van der Waals surface area contributed by atoms with E-state index in [-0.39, 0.29) is 11.9 Å². The Morgan fingerprint density at radius 2 is 2.12 bits per heavy atom. The Balaban J connectivity index is 2.23. The Bertz CT molecular complexity index is 406. The number of alkyl halides is 3. The third kappa shape index (κ3) is 2.63. The van der Waals surface area contributed by atoms with Gasteiger partial charge in [-0.2, -0.15) is 13.2 Å². The van der Waals surface area contributed by atoms with E-state index in [2.05, 4.69) is 5.32 Å². The van der Waals surface area contributed by atoms with Crippen LogP contribution in [-0.4, -0.2) is 26.3 Å². The molecule has 1 unspecified atom stereocenters. The second-order valence-corrected chi connectivity index (χ2v) is 3.77. The number of ether oxygens (including phenoxy) is 2. The summed E-state index contributed by atoms with van der Waals surface area (Å²) in [7, 11) is 1.74. The van der Waals surface area contributed by atoms with Crippen molar-refractivity contribution in [3.63, 3.8) is 0 Å². The summed E-state index contributed by atoms with van der Waals surface area (Å²) in [6.07, 6.45) is -4.63. The van der Waals surface area contributed by atoms with E-state index in [4.69, 9.17) is 9.47 Å². The first-order valence-corrected chi connectivity index (χ1v) is 5.16. The van der Waals surface area contributed by atoms with E-state index in [1.807, 2.05) is 0 Å². The second-order valence-electron chi connectivity index (χ2n) is 3.77. The van der Waals surface area contributed by atoms with E-state index >= 15 is 0 Å². The zero-order chi connectivity index (χ0) is 12.5. The molecule has 1 aliphatic heterocycles. The Hall–Kier alpha value is -1.43. The van der Waals surface area contributed by atoms with Gasteiger partial charge in [0.05, 0.1) is 5.56 Å². The van der Waals surface area contributed by atoms with E-state index in [1.54, 1.807) is 7.05 Å². The van der Waals surface area contributed by atoms with E-state index < -0.39 is 11.7 Å². The van der Waals surface area contributed by atoms with Crippen LogP contribution < -0.4 is 14.8 Å². The van der Waals surface area contributed by atoms with Crippen LogP contribution in [0.5, 0.6) is 11.5 Å². The molecule has 2 rings (SSSR count). The zero-order valence-electron chi connectivity index (χ0n) is 9.17.